The highest BCUT2D eigenvalue weighted by Crippen LogP contribution is 2.26. The lowest BCUT2D eigenvalue weighted by atomic mass is 10.00. The molecule has 0 fully saturated rings. The molecule has 0 aliphatic carbocycles. The molecule has 0 spiro atoms. The second-order valence-corrected chi connectivity index (χ2v) is 5.51. The molecule has 0 radical (unpaired) electrons. The molecule has 0 amide bonds. The molecule has 1 heteroatoms. The molecule has 0 nitrogen and oxygen atoms in total. The fraction of sp³-hybridized carbons (Fsp3) is 0.0526. The van der Waals surface area contributed by atoms with Crippen LogP contribution in [0.4, 0.5) is 0 Å². The Morgan fingerprint density at radius 1 is 0.600 bits per heavy atom. The molecule has 0 bridgehead atoms. The minimum absolute atomic E-state index is 0.991. The van der Waals surface area contributed by atoms with E-state index in [1.54, 1.807) is 0 Å². The summed E-state index contributed by atoms with van der Waals surface area (Å²) < 4.78 is 0. The van der Waals surface area contributed by atoms with Gasteiger partial charge in [-0.25, -0.2) is 0 Å². The maximum Gasteiger partial charge on any atom is 0.00461 e. The Hall–Kier alpha value is -1.99. The molecule has 0 unspecified atom stereocenters. The van der Waals surface area contributed by atoms with E-state index < -0.39 is 0 Å². The predicted octanol–water partition coefficient (Wildman–Crippen LogP) is 5.62. The Morgan fingerprint density at radius 2 is 1.10 bits per heavy atom. The van der Waals surface area contributed by atoms with Gasteiger partial charge in [-0.2, -0.15) is 0 Å². The summed E-state index contributed by atoms with van der Waals surface area (Å²) in [6, 6.07) is 25.5. The quantitative estimate of drug-likeness (QED) is 0.577. The first-order valence-corrected chi connectivity index (χ1v) is 7.13. The maximum atomic E-state index is 4.39. The monoisotopic (exact) mass is 276 g/mol. The number of rotatable bonds is 2. The minimum Gasteiger partial charge on any atom is -0.143 e. The van der Waals surface area contributed by atoms with E-state index in [2.05, 4.69) is 80.2 Å². The van der Waals surface area contributed by atoms with Crippen molar-refractivity contribution in [3.63, 3.8) is 0 Å². The van der Waals surface area contributed by atoms with Crippen LogP contribution >= 0.6 is 12.6 Å². The average molecular weight is 276 g/mol. The lowest BCUT2D eigenvalue weighted by molar-refractivity contribution is 1.46. The zero-order valence-electron chi connectivity index (χ0n) is 11.4. The molecule has 3 rings (SSSR count). The van der Waals surface area contributed by atoms with E-state index in [9.17, 15) is 0 Å². The van der Waals surface area contributed by atoms with Crippen LogP contribution in [-0.2, 0) is 0 Å². The van der Waals surface area contributed by atoms with Gasteiger partial charge in [0.15, 0.2) is 0 Å². The number of thiol groups is 1. The zero-order valence-corrected chi connectivity index (χ0v) is 12.3. The van der Waals surface area contributed by atoms with Crippen molar-refractivity contribution in [3.05, 3.63) is 78.4 Å². The van der Waals surface area contributed by atoms with Crippen LogP contribution in [0, 0.1) is 6.92 Å². The molecular formula is C19H16S. The molecule has 0 saturated heterocycles. The first-order chi connectivity index (χ1) is 9.72. The first kappa shape index (κ1) is 13.0. The lowest BCUT2D eigenvalue weighted by Gasteiger charge is -2.06. The van der Waals surface area contributed by atoms with E-state index in [-0.39, 0.29) is 0 Å². The summed E-state index contributed by atoms with van der Waals surface area (Å²) in [6.07, 6.45) is 0. The third-order valence-electron chi connectivity index (χ3n) is 3.45. The highest BCUT2D eigenvalue weighted by Gasteiger charge is 2.00. The molecule has 0 N–H and O–H groups in total. The van der Waals surface area contributed by atoms with E-state index in [4.69, 9.17) is 0 Å². The van der Waals surface area contributed by atoms with Crippen LogP contribution in [0.2, 0.25) is 0 Å². The van der Waals surface area contributed by atoms with Gasteiger partial charge in [0, 0.05) is 4.90 Å². The normalized spacial score (nSPS) is 10.5. The van der Waals surface area contributed by atoms with Gasteiger partial charge in [0.2, 0.25) is 0 Å². The van der Waals surface area contributed by atoms with Gasteiger partial charge in [0.05, 0.1) is 0 Å². The first-order valence-electron chi connectivity index (χ1n) is 6.69. The van der Waals surface area contributed by atoms with E-state index in [1.807, 2.05) is 12.1 Å². The average Bonchev–Trinajstić information content (AvgIpc) is 2.48. The largest absolute Gasteiger partial charge is 0.143 e. The summed E-state index contributed by atoms with van der Waals surface area (Å²) in [6.45, 7) is 2.11. The Labute approximate surface area is 125 Å². The Bertz CT molecular complexity index is 710. The van der Waals surface area contributed by atoms with Gasteiger partial charge in [0.1, 0.15) is 0 Å². The van der Waals surface area contributed by atoms with Crippen molar-refractivity contribution in [2.45, 2.75) is 11.8 Å². The molecule has 0 saturated carbocycles. The van der Waals surface area contributed by atoms with Crippen LogP contribution in [0.15, 0.2) is 77.7 Å². The second-order valence-electron chi connectivity index (χ2n) is 4.99. The van der Waals surface area contributed by atoms with Gasteiger partial charge in [-0.05, 0) is 41.3 Å². The van der Waals surface area contributed by atoms with Gasteiger partial charge < -0.3 is 0 Å². The van der Waals surface area contributed by atoms with Gasteiger partial charge in [-0.15, -0.1) is 12.6 Å². The van der Waals surface area contributed by atoms with Crippen LogP contribution in [0.25, 0.3) is 22.3 Å². The van der Waals surface area contributed by atoms with Crippen LogP contribution in [-0.4, -0.2) is 0 Å². The molecule has 0 aromatic heterocycles. The predicted molar refractivity (Wildman–Crippen MR) is 89.3 cm³/mol. The third kappa shape index (κ3) is 2.78. The van der Waals surface area contributed by atoms with Crippen LogP contribution in [0.3, 0.4) is 0 Å². The lowest BCUT2D eigenvalue weighted by Crippen LogP contribution is -1.81. The Kier molecular flexibility index (Phi) is 3.62. The summed E-state index contributed by atoms with van der Waals surface area (Å²) in [5, 5.41) is 0. The van der Waals surface area contributed by atoms with Crippen LogP contribution in [0.5, 0.6) is 0 Å². The van der Waals surface area contributed by atoms with Gasteiger partial charge >= 0.3 is 0 Å². The molecule has 0 heterocycles. The van der Waals surface area contributed by atoms with Crippen molar-refractivity contribution in [1.29, 1.82) is 0 Å². The molecule has 0 aliphatic rings. The van der Waals surface area contributed by atoms with Gasteiger partial charge in [-0.3, -0.25) is 0 Å². The highest BCUT2D eigenvalue weighted by atomic mass is 32.1. The van der Waals surface area contributed by atoms with Crippen molar-refractivity contribution < 1.29 is 0 Å². The highest BCUT2D eigenvalue weighted by molar-refractivity contribution is 7.80. The molecular weight excluding hydrogens is 260 g/mol. The minimum atomic E-state index is 0.991. The fourth-order valence-corrected chi connectivity index (χ4v) is 2.51. The molecule has 3 aromatic carbocycles. The van der Waals surface area contributed by atoms with Crippen LogP contribution < -0.4 is 0 Å². The summed E-state index contributed by atoms with van der Waals surface area (Å²) in [4.78, 5) is 0.991. The fourth-order valence-electron chi connectivity index (χ4n) is 2.29. The Balaban J connectivity index is 1.93. The summed E-state index contributed by atoms with van der Waals surface area (Å²) in [5.74, 6) is 0. The number of hydrogen-bond donors (Lipinski definition) is 1. The topological polar surface area (TPSA) is 0 Å². The number of aryl methyl sites for hydroxylation is 1. The zero-order chi connectivity index (χ0) is 13.9. The third-order valence-corrected chi connectivity index (χ3v) is 3.73. The van der Waals surface area contributed by atoms with E-state index >= 15 is 0 Å². The second kappa shape index (κ2) is 5.56. The van der Waals surface area contributed by atoms with Crippen molar-refractivity contribution in [1.82, 2.24) is 0 Å². The van der Waals surface area contributed by atoms with Crippen molar-refractivity contribution in [2.24, 2.45) is 0 Å². The molecule has 0 atom stereocenters. The van der Waals surface area contributed by atoms with E-state index in [1.165, 1.54) is 27.8 Å². The number of benzene rings is 3. The molecule has 98 valence electrons. The SMILES string of the molecule is Cc1ccc(-c2ccc(-c3cccc(S)c3)cc2)cc1. The number of hydrogen-bond acceptors (Lipinski definition) is 1. The van der Waals surface area contributed by atoms with Crippen LogP contribution in [0.1, 0.15) is 5.56 Å². The summed E-state index contributed by atoms with van der Waals surface area (Å²) in [7, 11) is 0. The smallest absolute Gasteiger partial charge is 0.00461 e. The van der Waals surface area contributed by atoms with Crippen molar-refractivity contribution >= 4 is 12.6 Å². The standard InChI is InChI=1S/C19H16S/c1-14-5-7-15(8-6-14)16-9-11-17(12-10-16)18-3-2-4-19(20)13-18/h2-13,20H,1H3. The van der Waals surface area contributed by atoms with Gasteiger partial charge in [-0.1, -0.05) is 66.2 Å². The van der Waals surface area contributed by atoms with Crippen molar-refractivity contribution in [2.75, 3.05) is 0 Å². The molecule has 3 aromatic rings. The van der Waals surface area contributed by atoms with E-state index in [0.717, 1.165) is 4.90 Å². The summed E-state index contributed by atoms with van der Waals surface area (Å²) in [5.41, 5.74) is 6.21. The molecule has 20 heavy (non-hydrogen) atoms. The molecule has 0 aliphatic heterocycles. The maximum absolute atomic E-state index is 4.39. The van der Waals surface area contributed by atoms with Gasteiger partial charge in [0.25, 0.3) is 0 Å². The Morgan fingerprint density at radius 3 is 1.65 bits per heavy atom. The van der Waals surface area contributed by atoms with Crippen molar-refractivity contribution in [3.8, 4) is 22.3 Å². The van der Waals surface area contributed by atoms with E-state index in [0.29, 0.717) is 0 Å². The summed E-state index contributed by atoms with van der Waals surface area (Å²) >= 11 is 4.39.